The van der Waals surface area contributed by atoms with E-state index in [4.69, 9.17) is 14.7 Å². The molecule has 2 rings (SSSR count). The third kappa shape index (κ3) is 8.94. The van der Waals surface area contributed by atoms with E-state index in [-0.39, 0.29) is 40.9 Å². The fourth-order valence-electron chi connectivity index (χ4n) is 3.71. The van der Waals surface area contributed by atoms with Crippen molar-refractivity contribution in [1.29, 1.82) is 5.26 Å². The van der Waals surface area contributed by atoms with Gasteiger partial charge in [0.15, 0.2) is 5.12 Å². The molecule has 0 radical (unpaired) electrons. The molecule has 1 aromatic rings. The lowest BCUT2D eigenvalue weighted by Crippen LogP contribution is -2.33. The van der Waals surface area contributed by atoms with E-state index in [1.165, 1.54) is 25.1 Å². The Morgan fingerprint density at radius 2 is 1.73 bits per heavy atom. The number of allylic oxidation sites excluding steroid dienone is 2. The number of nitriles is 1. The number of non-ortho nitro benzene ring substituents is 1. The summed E-state index contributed by atoms with van der Waals surface area (Å²) in [4.78, 5) is 48.5. The monoisotopic (exact) mass is 547 g/mol. The minimum Gasteiger partial charge on any atom is -0.462 e. The number of esters is 2. The Labute approximate surface area is 224 Å². The summed E-state index contributed by atoms with van der Waals surface area (Å²) in [5.41, 5.74) is 1.40. The molecule has 1 aromatic carbocycles. The molecule has 0 amide bonds. The van der Waals surface area contributed by atoms with E-state index in [9.17, 15) is 24.5 Å². The fourth-order valence-corrected chi connectivity index (χ4v) is 4.92. The van der Waals surface area contributed by atoms with E-state index in [1.54, 1.807) is 31.7 Å². The van der Waals surface area contributed by atoms with Crippen LogP contribution in [0.5, 0.6) is 0 Å². The molecule has 10 nitrogen and oxygen atoms in total. The van der Waals surface area contributed by atoms with Crippen LogP contribution >= 0.6 is 23.5 Å². The molecule has 0 aliphatic carbocycles. The normalized spacial score (nSPS) is 15.0. The van der Waals surface area contributed by atoms with Crippen LogP contribution in [0.25, 0.3) is 0 Å². The molecule has 12 heteroatoms. The molecule has 1 unspecified atom stereocenters. The van der Waals surface area contributed by atoms with Crippen molar-refractivity contribution in [2.75, 3.05) is 30.5 Å². The fraction of sp³-hybridized carbons (Fsp3) is 0.440. The number of nitrogens with zero attached hydrogens (tertiary/aromatic N) is 2. The van der Waals surface area contributed by atoms with Gasteiger partial charge in [0.25, 0.3) is 5.69 Å². The van der Waals surface area contributed by atoms with Gasteiger partial charge in [-0.1, -0.05) is 23.9 Å². The number of carbonyl (C=O) groups excluding carboxylic acids is 3. The number of hydrogen-bond acceptors (Lipinski definition) is 11. The van der Waals surface area contributed by atoms with Crippen molar-refractivity contribution in [1.82, 2.24) is 5.32 Å². The minimum absolute atomic E-state index is 0.0204. The first-order valence-electron chi connectivity index (χ1n) is 11.5. The first kappa shape index (κ1) is 29.9. The number of benzene rings is 1. The van der Waals surface area contributed by atoms with Gasteiger partial charge in [0, 0.05) is 48.4 Å². The number of rotatable bonds is 13. The van der Waals surface area contributed by atoms with Crippen molar-refractivity contribution in [3.63, 3.8) is 0 Å². The van der Waals surface area contributed by atoms with Gasteiger partial charge in [-0.3, -0.25) is 14.9 Å². The van der Waals surface area contributed by atoms with Crippen molar-refractivity contribution in [2.24, 2.45) is 0 Å². The Hall–Kier alpha value is -3.30. The smallest absolute Gasteiger partial charge is 0.336 e. The van der Waals surface area contributed by atoms with Gasteiger partial charge in [0.2, 0.25) is 0 Å². The second-order valence-corrected chi connectivity index (χ2v) is 10.5. The maximum Gasteiger partial charge on any atom is 0.336 e. The molecular weight excluding hydrogens is 518 g/mol. The molecular formula is C25H29N3O7S2. The summed E-state index contributed by atoms with van der Waals surface area (Å²) in [5.74, 6) is -0.599. The molecule has 1 heterocycles. The van der Waals surface area contributed by atoms with E-state index in [0.717, 1.165) is 11.8 Å². The van der Waals surface area contributed by atoms with E-state index in [1.807, 2.05) is 0 Å². The van der Waals surface area contributed by atoms with Crippen LogP contribution in [-0.4, -0.2) is 52.4 Å². The van der Waals surface area contributed by atoms with Crippen molar-refractivity contribution in [3.8, 4) is 6.07 Å². The van der Waals surface area contributed by atoms with Crippen LogP contribution < -0.4 is 5.32 Å². The Morgan fingerprint density at radius 1 is 1.08 bits per heavy atom. The maximum absolute atomic E-state index is 13.2. The predicted octanol–water partition coefficient (Wildman–Crippen LogP) is 4.23. The lowest BCUT2D eigenvalue weighted by atomic mass is 9.80. The van der Waals surface area contributed by atoms with Gasteiger partial charge in [-0.25, -0.2) is 9.59 Å². The van der Waals surface area contributed by atoms with Crippen LogP contribution in [0, 0.1) is 21.4 Å². The summed E-state index contributed by atoms with van der Waals surface area (Å²) in [7, 11) is 0. The Kier molecular flexibility index (Phi) is 12.2. The second kappa shape index (κ2) is 15.1. The van der Waals surface area contributed by atoms with E-state index in [0.29, 0.717) is 41.3 Å². The molecule has 0 aromatic heterocycles. The Balaban J connectivity index is 2.32. The standard InChI is InChI=1S/C25H29N3O7S2/c1-16-21(24(30)34-10-6-13-36-12-5-9-26)23(19-7-4-8-20(15-19)28(32)33)22(17(2)27-16)25(31)35-11-14-37-18(3)29/h4,7-8,15,23,27H,5-6,10-14H2,1-3H3. The average molecular weight is 548 g/mol. The molecule has 0 saturated heterocycles. The summed E-state index contributed by atoms with van der Waals surface area (Å²) < 4.78 is 10.9. The quantitative estimate of drug-likeness (QED) is 0.164. The van der Waals surface area contributed by atoms with Gasteiger partial charge in [-0.15, -0.1) is 0 Å². The van der Waals surface area contributed by atoms with Crippen molar-refractivity contribution in [2.45, 2.75) is 39.5 Å². The summed E-state index contributed by atoms with van der Waals surface area (Å²) >= 11 is 2.61. The van der Waals surface area contributed by atoms with Crippen molar-refractivity contribution >= 4 is 46.3 Å². The zero-order chi connectivity index (χ0) is 27.4. The maximum atomic E-state index is 13.2. The highest BCUT2D eigenvalue weighted by Crippen LogP contribution is 2.40. The van der Waals surface area contributed by atoms with Gasteiger partial charge in [-0.2, -0.15) is 17.0 Å². The molecule has 0 spiro atoms. The number of thioether (sulfide) groups is 2. The number of hydrogen-bond donors (Lipinski definition) is 1. The number of nitro benzene ring substituents is 1. The SMILES string of the molecule is CC(=O)SCCOC(=O)C1=C(C)NC(C)=C(C(=O)OCCCSCCC#N)C1c1cccc([N+](=O)[O-])c1. The van der Waals surface area contributed by atoms with Gasteiger partial charge in [0.1, 0.15) is 6.61 Å². The van der Waals surface area contributed by atoms with Gasteiger partial charge in [-0.05, 0) is 31.6 Å². The van der Waals surface area contributed by atoms with Crippen LogP contribution in [0.15, 0.2) is 46.8 Å². The molecule has 37 heavy (non-hydrogen) atoms. The summed E-state index contributed by atoms with van der Waals surface area (Å²) in [6.45, 7) is 4.87. The topological polar surface area (TPSA) is 149 Å². The van der Waals surface area contributed by atoms with Gasteiger partial charge < -0.3 is 14.8 Å². The zero-order valence-corrected chi connectivity index (χ0v) is 22.5. The molecule has 0 bridgehead atoms. The predicted molar refractivity (Wildman–Crippen MR) is 142 cm³/mol. The van der Waals surface area contributed by atoms with E-state index >= 15 is 0 Å². The zero-order valence-electron chi connectivity index (χ0n) is 20.9. The summed E-state index contributed by atoms with van der Waals surface area (Å²) in [6.07, 6.45) is 1.03. The number of nitro groups is 1. The highest BCUT2D eigenvalue weighted by atomic mass is 32.2. The first-order valence-corrected chi connectivity index (χ1v) is 13.7. The molecule has 0 fully saturated rings. The first-order chi connectivity index (χ1) is 17.7. The van der Waals surface area contributed by atoms with Crippen LogP contribution in [0.1, 0.15) is 45.1 Å². The van der Waals surface area contributed by atoms with Gasteiger partial charge in [0.05, 0.1) is 34.7 Å². The number of nitrogens with one attached hydrogen (secondary N) is 1. The third-order valence-electron chi connectivity index (χ3n) is 5.26. The lowest BCUT2D eigenvalue weighted by Gasteiger charge is -2.30. The Bertz CT molecular complexity index is 1140. The van der Waals surface area contributed by atoms with Crippen molar-refractivity contribution < 1.29 is 28.8 Å². The highest BCUT2D eigenvalue weighted by Gasteiger charge is 2.38. The average Bonchev–Trinajstić information content (AvgIpc) is 2.85. The summed E-state index contributed by atoms with van der Waals surface area (Å²) in [6, 6.07) is 7.84. The number of dihydropyridines is 1. The molecule has 1 N–H and O–H groups in total. The molecule has 0 saturated carbocycles. The summed E-state index contributed by atoms with van der Waals surface area (Å²) in [5, 5.41) is 23.0. The third-order valence-corrected chi connectivity index (χ3v) is 7.11. The van der Waals surface area contributed by atoms with Crippen LogP contribution in [0.4, 0.5) is 5.69 Å². The van der Waals surface area contributed by atoms with Crippen LogP contribution in [-0.2, 0) is 23.9 Å². The molecule has 198 valence electrons. The minimum atomic E-state index is -0.952. The molecule has 1 aliphatic rings. The largest absolute Gasteiger partial charge is 0.462 e. The van der Waals surface area contributed by atoms with Gasteiger partial charge >= 0.3 is 11.9 Å². The van der Waals surface area contributed by atoms with Crippen molar-refractivity contribution in [3.05, 3.63) is 62.5 Å². The highest BCUT2D eigenvalue weighted by molar-refractivity contribution is 8.13. The Morgan fingerprint density at radius 3 is 2.32 bits per heavy atom. The van der Waals surface area contributed by atoms with E-state index in [2.05, 4.69) is 11.4 Å². The van der Waals surface area contributed by atoms with Crippen LogP contribution in [0.3, 0.4) is 0 Å². The lowest BCUT2D eigenvalue weighted by molar-refractivity contribution is -0.384. The molecule has 1 atom stereocenters. The van der Waals surface area contributed by atoms with E-state index < -0.39 is 22.8 Å². The number of ether oxygens (including phenoxy) is 2. The molecule has 1 aliphatic heterocycles. The second-order valence-electron chi connectivity index (χ2n) is 7.97. The van der Waals surface area contributed by atoms with Crippen LogP contribution in [0.2, 0.25) is 0 Å². The number of carbonyl (C=O) groups is 3.